The largest absolute Gasteiger partial charge is 0.465 e. The maximum atomic E-state index is 11.6. The average molecular weight is 289 g/mol. The SMILES string of the molecule is COC(=O)c1ccc([N+](=O)[O-])c(-n2ccc(C(C)C)n2)c1. The lowest BCUT2D eigenvalue weighted by molar-refractivity contribution is -0.384. The maximum Gasteiger partial charge on any atom is 0.337 e. The molecule has 0 bridgehead atoms. The molecule has 0 aliphatic carbocycles. The topological polar surface area (TPSA) is 87.3 Å². The minimum atomic E-state index is -0.553. The van der Waals surface area contributed by atoms with Crippen molar-refractivity contribution in [1.29, 1.82) is 0 Å². The fourth-order valence-corrected chi connectivity index (χ4v) is 1.89. The summed E-state index contributed by atoms with van der Waals surface area (Å²) < 4.78 is 6.04. The summed E-state index contributed by atoms with van der Waals surface area (Å²) in [6.07, 6.45) is 1.64. The monoisotopic (exact) mass is 289 g/mol. The van der Waals surface area contributed by atoms with E-state index in [1.54, 1.807) is 12.3 Å². The molecule has 2 rings (SSSR count). The van der Waals surface area contributed by atoms with E-state index in [9.17, 15) is 14.9 Å². The van der Waals surface area contributed by atoms with E-state index in [1.165, 1.54) is 30.0 Å². The highest BCUT2D eigenvalue weighted by atomic mass is 16.6. The van der Waals surface area contributed by atoms with Crippen molar-refractivity contribution in [3.8, 4) is 5.69 Å². The van der Waals surface area contributed by atoms with Gasteiger partial charge in [-0.15, -0.1) is 0 Å². The summed E-state index contributed by atoms with van der Waals surface area (Å²) in [5, 5.41) is 15.4. The first-order valence-electron chi connectivity index (χ1n) is 6.36. The lowest BCUT2D eigenvalue weighted by atomic mass is 10.1. The first kappa shape index (κ1) is 14.7. The molecule has 0 radical (unpaired) electrons. The Balaban J connectivity index is 2.57. The maximum absolute atomic E-state index is 11.6. The lowest BCUT2D eigenvalue weighted by Crippen LogP contribution is -2.06. The van der Waals surface area contributed by atoms with E-state index in [0.717, 1.165) is 5.69 Å². The van der Waals surface area contributed by atoms with Crippen LogP contribution in [0.2, 0.25) is 0 Å². The Labute approximate surface area is 121 Å². The number of methoxy groups -OCH3 is 1. The van der Waals surface area contributed by atoms with Crippen LogP contribution in [0.3, 0.4) is 0 Å². The van der Waals surface area contributed by atoms with E-state index in [4.69, 9.17) is 0 Å². The number of ether oxygens (including phenoxy) is 1. The molecular weight excluding hydrogens is 274 g/mol. The fourth-order valence-electron chi connectivity index (χ4n) is 1.89. The smallest absolute Gasteiger partial charge is 0.337 e. The summed E-state index contributed by atoms with van der Waals surface area (Å²) in [6, 6.07) is 5.83. The number of nitro groups is 1. The molecule has 0 aliphatic heterocycles. The molecule has 0 spiro atoms. The molecular formula is C14H15N3O4. The minimum Gasteiger partial charge on any atom is -0.465 e. The van der Waals surface area contributed by atoms with Crippen molar-refractivity contribution in [3.63, 3.8) is 0 Å². The van der Waals surface area contributed by atoms with Gasteiger partial charge in [0, 0.05) is 12.3 Å². The zero-order chi connectivity index (χ0) is 15.6. The molecule has 0 N–H and O–H groups in total. The Morgan fingerprint density at radius 1 is 1.38 bits per heavy atom. The molecule has 7 heteroatoms. The standard InChI is InChI=1S/C14H15N3O4/c1-9(2)11-6-7-16(15-11)13-8-10(14(18)21-3)4-5-12(13)17(19)20/h4-9H,1-3H3. The van der Waals surface area contributed by atoms with Crippen molar-refractivity contribution < 1.29 is 14.5 Å². The van der Waals surface area contributed by atoms with E-state index in [0.29, 0.717) is 0 Å². The van der Waals surface area contributed by atoms with Crippen molar-refractivity contribution in [2.75, 3.05) is 7.11 Å². The fraction of sp³-hybridized carbons (Fsp3) is 0.286. The molecule has 21 heavy (non-hydrogen) atoms. The number of hydrogen-bond donors (Lipinski definition) is 0. The van der Waals surface area contributed by atoms with Gasteiger partial charge in [0.05, 0.1) is 23.3 Å². The van der Waals surface area contributed by atoms with Crippen LogP contribution in [0.15, 0.2) is 30.5 Å². The molecule has 1 aromatic heterocycles. The molecule has 0 atom stereocenters. The predicted octanol–water partition coefficient (Wildman–Crippen LogP) is 2.69. The van der Waals surface area contributed by atoms with Gasteiger partial charge in [0.1, 0.15) is 5.69 Å². The van der Waals surface area contributed by atoms with Crippen LogP contribution in [-0.4, -0.2) is 27.8 Å². The number of nitrogens with zero attached hydrogens (tertiary/aromatic N) is 3. The van der Waals surface area contributed by atoms with Crippen LogP contribution < -0.4 is 0 Å². The van der Waals surface area contributed by atoms with E-state index in [-0.39, 0.29) is 22.9 Å². The summed E-state index contributed by atoms with van der Waals surface area (Å²) in [5.41, 5.74) is 1.16. The van der Waals surface area contributed by atoms with Crippen molar-refractivity contribution in [2.24, 2.45) is 0 Å². The third kappa shape index (κ3) is 2.91. The molecule has 0 unspecified atom stereocenters. The van der Waals surface area contributed by atoms with Gasteiger partial charge in [-0.1, -0.05) is 13.8 Å². The van der Waals surface area contributed by atoms with Gasteiger partial charge < -0.3 is 4.74 Å². The van der Waals surface area contributed by atoms with Crippen LogP contribution in [0.4, 0.5) is 5.69 Å². The van der Waals surface area contributed by atoms with Crippen LogP contribution in [0.25, 0.3) is 5.69 Å². The highest BCUT2D eigenvalue weighted by molar-refractivity contribution is 5.90. The Kier molecular flexibility index (Phi) is 4.02. The van der Waals surface area contributed by atoms with E-state index in [1.807, 2.05) is 13.8 Å². The van der Waals surface area contributed by atoms with Gasteiger partial charge in [-0.25, -0.2) is 9.48 Å². The van der Waals surface area contributed by atoms with Crippen LogP contribution in [0.1, 0.15) is 35.8 Å². The Morgan fingerprint density at radius 3 is 2.62 bits per heavy atom. The number of nitro benzene ring substituents is 1. The Bertz CT molecular complexity index is 691. The lowest BCUT2D eigenvalue weighted by Gasteiger charge is -2.06. The zero-order valence-electron chi connectivity index (χ0n) is 11.9. The van der Waals surface area contributed by atoms with Gasteiger partial charge in [-0.3, -0.25) is 10.1 Å². The van der Waals surface area contributed by atoms with Crippen LogP contribution in [-0.2, 0) is 4.74 Å². The first-order valence-corrected chi connectivity index (χ1v) is 6.36. The number of carbonyl (C=O) groups is 1. The van der Waals surface area contributed by atoms with Gasteiger partial charge in [-0.05, 0) is 24.1 Å². The third-order valence-corrected chi connectivity index (χ3v) is 3.04. The van der Waals surface area contributed by atoms with E-state index < -0.39 is 10.9 Å². The van der Waals surface area contributed by atoms with Crippen molar-refractivity contribution in [1.82, 2.24) is 9.78 Å². The van der Waals surface area contributed by atoms with Gasteiger partial charge in [0.25, 0.3) is 5.69 Å². The minimum absolute atomic E-state index is 0.124. The van der Waals surface area contributed by atoms with Crippen molar-refractivity contribution in [3.05, 3.63) is 51.8 Å². The highest BCUT2D eigenvalue weighted by Gasteiger charge is 2.19. The molecule has 110 valence electrons. The second-order valence-corrected chi connectivity index (χ2v) is 4.79. The third-order valence-electron chi connectivity index (χ3n) is 3.04. The van der Waals surface area contributed by atoms with E-state index in [2.05, 4.69) is 9.84 Å². The molecule has 0 aliphatic rings. The number of benzene rings is 1. The van der Waals surface area contributed by atoms with Gasteiger partial charge in [-0.2, -0.15) is 5.10 Å². The summed E-state index contributed by atoms with van der Waals surface area (Å²) in [4.78, 5) is 22.2. The first-order chi connectivity index (χ1) is 9.93. The Hall–Kier alpha value is -2.70. The number of aromatic nitrogens is 2. The second-order valence-electron chi connectivity index (χ2n) is 4.79. The molecule has 1 aromatic carbocycles. The number of esters is 1. The van der Waals surface area contributed by atoms with Gasteiger partial charge >= 0.3 is 5.97 Å². The van der Waals surface area contributed by atoms with Gasteiger partial charge in [0.2, 0.25) is 0 Å². The zero-order valence-corrected chi connectivity index (χ0v) is 11.9. The van der Waals surface area contributed by atoms with E-state index >= 15 is 0 Å². The Morgan fingerprint density at radius 2 is 2.10 bits per heavy atom. The number of rotatable bonds is 4. The highest BCUT2D eigenvalue weighted by Crippen LogP contribution is 2.25. The summed E-state index contributed by atoms with van der Waals surface area (Å²) in [6.45, 7) is 3.96. The van der Waals surface area contributed by atoms with Crippen molar-refractivity contribution >= 4 is 11.7 Å². The molecule has 7 nitrogen and oxygen atoms in total. The summed E-state index contributed by atoms with van der Waals surface area (Å²) >= 11 is 0. The van der Waals surface area contributed by atoms with Crippen LogP contribution >= 0.6 is 0 Å². The van der Waals surface area contributed by atoms with Crippen LogP contribution in [0, 0.1) is 10.1 Å². The second kappa shape index (κ2) is 5.74. The van der Waals surface area contributed by atoms with Crippen LogP contribution in [0.5, 0.6) is 0 Å². The molecule has 0 saturated heterocycles. The molecule has 2 aromatic rings. The summed E-state index contributed by atoms with van der Waals surface area (Å²) in [7, 11) is 1.26. The number of hydrogen-bond acceptors (Lipinski definition) is 5. The number of carbonyl (C=O) groups excluding carboxylic acids is 1. The molecule has 0 saturated carbocycles. The molecule has 0 amide bonds. The average Bonchev–Trinajstić information content (AvgIpc) is 2.95. The normalized spacial score (nSPS) is 10.7. The van der Waals surface area contributed by atoms with Crippen molar-refractivity contribution in [2.45, 2.75) is 19.8 Å². The van der Waals surface area contributed by atoms with Gasteiger partial charge in [0.15, 0.2) is 0 Å². The predicted molar refractivity (Wildman–Crippen MR) is 75.6 cm³/mol. The quantitative estimate of drug-likeness (QED) is 0.490. The molecule has 0 fully saturated rings. The summed E-state index contributed by atoms with van der Waals surface area (Å²) in [5.74, 6) is -0.350. The molecule has 1 heterocycles.